The van der Waals surface area contributed by atoms with E-state index in [-0.39, 0.29) is 16.8 Å². The molecule has 0 bridgehead atoms. The average molecular weight is 369 g/mol. The van der Waals surface area contributed by atoms with E-state index in [2.05, 4.69) is 26.0 Å². The lowest BCUT2D eigenvalue weighted by Gasteiger charge is -2.14. The van der Waals surface area contributed by atoms with Crippen molar-refractivity contribution >= 4 is 33.5 Å². The standard InChI is InChI=1S/C12H12BrF3N2O3/c1-2-21-11(20)9(17)10(19)18-8-5-6(12(14,15)16)3-4-7(8)13/h3-5,9H,2,17H2,1H3,(H,18,19). The van der Waals surface area contributed by atoms with Gasteiger partial charge in [0, 0.05) is 4.47 Å². The summed E-state index contributed by atoms with van der Waals surface area (Å²) in [5.74, 6) is -1.92. The summed E-state index contributed by atoms with van der Waals surface area (Å²) < 4.78 is 42.6. The van der Waals surface area contributed by atoms with Crippen molar-refractivity contribution in [2.45, 2.75) is 19.1 Å². The number of amides is 1. The maximum absolute atomic E-state index is 12.6. The van der Waals surface area contributed by atoms with Crippen molar-refractivity contribution in [1.82, 2.24) is 0 Å². The molecule has 0 saturated carbocycles. The minimum absolute atomic E-state index is 0.0348. The van der Waals surface area contributed by atoms with E-state index >= 15 is 0 Å². The van der Waals surface area contributed by atoms with Gasteiger partial charge in [-0.25, -0.2) is 4.79 Å². The fourth-order valence-electron chi connectivity index (χ4n) is 1.35. The minimum atomic E-state index is -4.55. The predicted octanol–water partition coefficient (Wildman–Crippen LogP) is 2.30. The van der Waals surface area contributed by atoms with E-state index in [0.717, 1.165) is 18.2 Å². The van der Waals surface area contributed by atoms with Gasteiger partial charge in [0.1, 0.15) is 0 Å². The number of hydrogen-bond donors (Lipinski definition) is 2. The highest BCUT2D eigenvalue weighted by Crippen LogP contribution is 2.33. The van der Waals surface area contributed by atoms with Crippen LogP contribution in [0.2, 0.25) is 0 Å². The Balaban J connectivity index is 2.92. The van der Waals surface area contributed by atoms with Gasteiger partial charge in [-0.3, -0.25) is 4.79 Å². The molecule has 0 aromatic heterocycles. The molecule has 1 aromatic rings. The number of nitrogens with two attached hydrogens (primary N) is 1. The first-order valence-electron chi connectivity index (χ1n) is 5.76. The number of halogens is 4. The summed E-state index contributed by atoms with van der Waals surface area (Å²) in [6.07, 6.45) is -4.55. The van der Waals surface area contributed by atoms with E-state index in [0.29, 0.717) is 0 Å². The summed E-state index contributed by atoms with van der Waals surface area (Å²) in [6, 6.07) is 1.10. The molecule has 9 heteroatoms. The third-order valence-electron chi connectivity index (χ3n) is 2.37. The van der Waals surface area contributed by atoms with Crippen molar-refractivity contribution in [2.75, 3.05) is 11.9 Å². The van der Waals surface area contributed by atoms with Crippen LogP contribution in [0.25, 0.3) is 0 Å². The molecule has 1 amide bonds. The highest BCUT2D eigenvalue weighted by molar-refractivity contribution is 9.10. The van der Waals surface area contributed by atoms with E-state index < -0.39 is 29.7 Å². The number of ether oxygens (including phenoxy) is 1. The lowest BCUT2D eigenvalue weighted by molar-refractivity contribution is -0.147. The summed E-state index contributed by atoms with van der Waals surface area (Å²) in [7, 11) is 0. The van der Waals surface area contributed by atoms with Crippen molar-refractivity contribution in [3.63, 3.8) is 0 Å². The normalized spacial score (nSPS) is 12.7. The first-order chi connectivity index (χ1) is 9.66. The van der Waals surface area contributed by atoms with Crippen LogP contribution < -0.4 is 11.1 Å². The fraction of sp³-hybridized carbons (Fsp3) is 0.333. The van der Waals surface area contributed by atoms with Crippen molar-refractivity contribution in [3.8, 4) is 0 Å². The van der Waals surface area contributed by atoms with E-state index in [1.807, 2.05) is 0 Å². The van der Waals surface area contributed by atoms with Crippen molar-refractivity contribution in [1.29, 1.82) is 0 Å². The monoisotopic (exact) mass is 368 g/mol. The highest BCUT2D eigenvalue weighted by atomic mass is 79.9. The van der Waals surface area contributed by atoms with E-state index in [1.54, 1.807) is 0 Å². The van der Waals surface area contributed by atoms with Crippen LogP contribution in [-0.2, 0) is 20.5 Å². The van der Waals surface area contributed by atoms with E-state index in [4.69, 9.17) is 5.73 Å². The fourth-order valence-corrected chi connectivity index (χ4v) is 1.69. The Labute approximate surface area is 126 Å². The Hall–Kier alpha value is -1.61. The van der Waals surface area contributed by atoms with Crippen LogP contribution in [0.1, 0.15) is 12.5 Å². The molecule has 0 heterocycles. The lowest BCUT2D eigenvalue weighted by atomic mass is 10.2. The Morgan fingerprint density at radius 3 is 2.57 bits per heavy atom. The molecular formula is C12H12BrF3N2O3. The van der Waals surface area contributed by atoms with Crippen LogP contribution in [-0.4, -0.2) is 24.5 Å². The number of anilines is 1. The smallest absolute Gasteiger partial charge is 0.416 e. The molecule has 0 fully saturated rings. The lowest BCUT2D eigenvalue weighted by Crippen LogP contribution is -2.43. The predicted molar refractivity (Wildman–Crippen MR) is 72.4 cm³/mol. The van der Waals surface area contributed by atoms with Gasteiger partial charge in [0.25, 0.3) is 5.91 Å². The van der Waals surface area contributed by atoms with Gasteiger partial charge in [-0.1, -0.05) is 0 Å². The third-order valence-corrected chi connectivity index (χ3v) is 3.07. The second kappa shape index (κ2) is 6.90. The van der Waals surface area contributed by atoms with Crippen molar-refractivity contribution in [2.24, 2.45) is 5.73 Å². The Morgan fingerprint density at radius 1 is 1.43 bits per heavy atom. The minimum Gasteiger partial charge on any atom is -0.464 e. The molecule has 1 unspecified atom stereocenters. The molecule has 21 heavy (non-hydrogen) atoms. The second-order valence-corrected chi connectivity index (χ2v) is 4.77. The number of nitrogens with one attached hydrogen (secondary N) is 1. The van der Waals surface area contributed by atoms with Gasteiger partial charge in [0.15, 0.2) is 6.04 Å². The van der Waals surface area contributed by atoms with Crippen LogP contribution in [0.5, 0.6) is 0 Å². The van der Waals surface area contributed by atoms with Crippen LogP contribution in [0.4, 0.5) is 18.9 Å². The molecule has 0 aliphatic heterocycles. The molecule has 0 radical (unpaired) electrons. The summed E-state index contributed by atoms with van der Waals surface area (Å²) in [5, 5.41) is 2.15. The molecule has 1 atom stereocenters. The number of esters is 1. The van der Waals surface area contributed by atoms with Gasteiger partial charge in [0.2, 0.25) is 0 Å². The summed E-state index contributed by atoms with van der Waals surface area (Å²) in [6.45, 7) is 1.57. The average Bonchev–Trinajstić information content (AvgIpc) is 2.39. The molecule has 0 aliphatic rings. The molecule has 116 valence electrons. The van der Waals surface area contributed by atoms with Gasteiger partial charge in [-0.05, 0) is 41.1 Å². The topological polar surface area (TPSA) is 81.4 Å². The SMILES string of the molecule is CCOC(=O)C(N)C(=O)Nc1cc(C(F)(F)F)ccc1Br. The van der Waals surface area contributed by atoms with Crippen LogP contribution in [0.15, 0.2) is 22.7 Å². The van der Waals surface area contributed by atoms with Crippen LogP contribution in [0.3, 0.4) is 0 Å². The molecule has 0 aliphatic carbocycles. The zero-order valence-electron chi connectivity index (χ0n) is 10.8. The largest absolute Gasteiger partial charge is 0.464 e. The molecule has 0 saturated heterocycles. The summed E-state index contributed by atoms with van der Waals surface area (Å²) >= 11 is 3.00. The Morgan fingerprint density at radius 2 is 2.05 bits per heavy atom. The number of carbonyl (C=O) groups is 2. The zero-order valence-corrected chi connectivity index (χ0v) is 12.4. The molecule has 1 aromatic carbocycles. The van der Waals surface area contributed by atoms with Gasteiger partial charge in [-0.2, -0.15) is 13.2 Å². The summed E-state index contributed by atoms with van der Waals surface area (Å²) in [5.41, 5.74) is 4.26. The molecule has 5 nitrogen and oxygen atoms in total. The van der Waals surface area contributed by atoms with Crippen molar-refractivity contribution in [3.05, 3.63) is 28.2 Å². The third kappa shape index (κ3) is 4.71. The Bertz CT molecular complexity index is 549. The summed E-state index contributed by atoms with van der Waals surface area (Å²) in [4.78, 5) is 23.0. The first kappa shape index (κ1) is 17.4. The highest BCUT2D eigenvalue weighted by Gasteiger charge is 2.31. The molecular weight excluding hydrogens is 357 g/mol. The molecule has 1 rings (SSSR count). The molecule has 0 spiro atoms. The van der Waals surface area contributed by atoms with E-state index in [9.17, 15) is 22.8 Å². The maximum Gasteiger partial charge on any atom is 0.416 e. The zero-order chi connectivity index (χ0) is 16.2. The van der Waals surface area contributed by atoms with Gasteiger partial charge in [-0.15, -0.1) is 0 Å². The van der Waals surface area contributed by atoms with E-state index in [1.165, 1.54) is 6.92 Å². The maximum atomic E-state index is 12.6. The number of rotatable bonds is 4. The Kier molecular flexibility index (Phi) is 5.73. The number of alkyl halides is 3. The van der Waals surface area contributed by atoms with Crippen molar-refractivity contribution < 1.29 is 27.5 Å². The van der Waals surface area contributed by atoms with Gasteiger partial charge >= 0.3 is 12.1 Å². The first-order valence-corrected chi connectivity index (χ1v) is 6.56. The van der Waals surface area contributed by atoms with Gasteiger partial charge < -0.3 is 15.8 Å². The van der Waals surface area contributed by atoms with Crippen LogP contribution in [0, 0.1) is 0 Å². The van der Waals surface area contributed by atoms with Gasteiger partial charge in [0.05, 0.1) is 17.9 Å². The number of benzene rings is 1. The van der Waals surface area contributed by atoms with Crippen LogP contribution >= 0.6 is 15.9 Å². The quantitative estimate of drug-likeness (QED) is 0.631. The second-order valence-electron chi connectivity index (χ2n) is 3.91. The number of carbonyl (C=O) groups excluding carboxylic acids is 2. The number of hydrogen-bond acceptors (Lipinski definition) is 4. The molecule has 3 N–H and O–H groups in total.